The summed E-state index contributed by atoms with van der Waals surface area (Å²) in [5.74, 6) is -0.808. The second-order valence-electron chi connectivity index (χ2n) is 7.78. The number of amides is 2. The fourth-order valence-corrected chi connectivity index (χ4v) is 4.21. The molecule has 0 unspecified atom stereocenters. The SMILES string of the molecule is CCOc1cc(/C=C(\C#N)C(=O)Nc2cccc(C(F)(F)F)c2)cc(I)c1OCC(=O)Nc1ccccc1Cl. The van der Waals surface area contributed by atoms with Crippen molar-refractivity contribution in [3.63, 3.8) is 0 Å². The van der Waals surface area contributed by atoms with Crippen LogP contribution in [0.5, 0.6) is 11.5 Å². The van der Waals surface area contributed by atoms with Gasteiger partial charge in [-0.2, -0.15) is 18.4 Å². The number of hydrogen-bond acceptors (Lipinski definition) is 5. The first-order valence-corrected chi connectivity index (χ1v) is 12.7. The molecule has 3 aromatic rings. The van der Waals surface area contributed by atoms with Crippen LogP contribution in [-0.4, -0.2) is 25.0 Å². The van der Waals surface area contributed by atoms with E-state index in [0.29, 0.717) is 19.8 Å². The molecule has 3 aromatic carbocycles. The van der Waals surface area contributed by atoms with Gasteiger partial charge in [0.15, 0.2) is 18.1 Å². The van der Waals surface area contributed by atoms with E-state index in [1.165, 1.54) is 18.2 Å². The van der Waals surface area contributed by atoms with Gasteiger partial charge in [-0.3, -0.25) is 9.59 Å². The fourth-order valence-electron chi connectivity index (χ4n) is 3.25. The van der Waals surface area contributed by atoms with Crippen molar-refractivity contribution >= 4 is 63.5 Å². The van der Waals surface area contributed by atoms with Crippen LogP contribution in [0.3, 0.4) is 0 Å². The quantitative estimate of drug-likeness (QED) is 0.146. The Bertz CT molecular complexity index is 1450. The summed E-state index contributed by atoms with van der Waals surface area (Å²) in [6.07, 6.45) is -3.32. The summed E-state index contributed by atoms with van der Waals surface area (Å²) in [7, 11) is 0. The molecule has 0 saturated heterocycles. The van der Waals surface area contributed by atoms with Gasteiger partial charge in [-0.15, -0.1) is 0 Å². The highest BCUT2D eigenvalue weighted by molar-refractivity contribution is 14.1. The number of nitriles is 1. The van der Waals surface area contributed by atoms with Crippen LogP contribution in [0.25, 0.3) is 6.08 Å². The number of para-hydroxylation sites is 1. The molecule has 0 radical (unpaired) electrons. The Hall–Kier alpha value is -3.76. The Morgan fingerprint density at radius 1 is 1.08 bits per heavy atom. The molecule has 2 N–H and O–H groups in total. The molecular weight excluding hydrogens is 650 g/mol. The van der Waals surface area contributed by atoms with Gasteiger partial charge in [-0.25, -0.2) is 0 Å². The number of carbonyl (C=O) groups is 2. The molecule has 0 aliphatic rings. The first-order chi connectivity index (χ1) is 18.5. The smallest absolute Gasteiger partial charge is 0.416 e. The van der Waals surface area contributed by atoms with Crippen LogP contribution < -0.4 is 20.1 Å². The Balaban J connectivity index is 1.79. The van der Waals surface area contributed by atoms with Crippen LogP contribution in [0, 0.1) is 14.9 Å². The second-order valence-corrected chi connectivity index (χ2v) is 9.35. The van der Waals surface area contributed by atoms with E-state index in [4.69, 9.17) is 21.1 Å². The number of anilines is 2. The third kappa shape index (κ3) is 8.36. The lowest BCUT2D eigenvalue weighted by molar-refractivity contribution is -0.137. The topological polar surface area (TPSA) is 100 Å². The third-order valence-corrected chi connectivity index (χ3v) is 6.08. The maximum atomic E-state index is 13.0. The molecule has 0 aliphatic heterocycles. The van der Waals surface area contributed by atoms with Crippen LogP contribution in [0.1, 0.15) is 18.1 Å². The molecule has 3 rings (SSSR count). The Kier molecular flexibility index (Phi) is 10.2. The normalized spacial score (nSPS) is 11.4. The summed E-state index contributed by atoms with van der Waals surface area (Å²) >= 11 is 8.02. The van der Waals surface area contributed by atoms with Crippen LogP contribution in [0.4, 0.5) is 24.5 Å². The van der Waals surface area contributed by atoms with E-state index < -0.39 is 23.6 Å². The number of nitrogens with one attached hydrogen (secondary N) is 2. The predicted octanol–water partition coefficient (Wildman–Crippen LogP) is 6.93. The van der Waals surface area contributed by atoms with Gasteiger partial charge in [0.2, 0.25) is 0 Å². The zero-order valence-corrected chi connectivity index (χ0v) is 23.1. The van der Waals surface area contributed by atoms with Gasteiger partial charge in [-0.1, -0.05) is 29.8 Å². The highest BCUT2D eigenvalue weighted by Crippen LogP contribution is 2.35. The van der Waals surface area contributed by atoms with Gasteiger partial charge in [0.05, 0.1) is 26.5 Å². The number of ether oxygens (including phenoxy) is 2. The Morgan fingerprint density at radius 3 is 2.49 bits per heavy atom. The molecule has 12 heteroatoms. The van der Waals surface area contributed by atoms with Crippen molar-refractivity contribution in [2.45, 2.75) is 13.1 Å². The highest BCUT2D eigenvalue weighted by atomic mass is 127. The zero-order valence-electron chi connectivity index (χ0n) is 20.2. The standard InChI is InChI=1S/C27H20ClF3IN3O4/c1-2-38-23-12-16(10-17(14-33)26(37)34-19-7-5-6-18(13-19)27(29,30)31)11-21(32)25(23)39-15-24(36)35-22-9-4-3-8-20(22)28/h3-13H,2,15H2,1H3,(H,34,37)(H,35,36)/b17-10+. The van der Waals surface area contributed by atoms with Crippen LogP contribution in [-0.2, 0) is 15.8 Å². The number of rotatable bonds is 9. The molecule has 2 amide bonds. The van der Waals surface area contributed by atoms with E-state index in [0.717, 1.165) is 18.2 Å². The maximum Gasteiger partial charge on any atom is 0.416 e. The minimum atomic E-state index is -4.58. The molecule has 0 aliphatic carbocycles. The van der Waals surface area contributed by atoms with Gasteiger partial charge in [0.1, 0.15) is 11.6 Å². The third-order valence-electron chi connectivity index (χ3n) is 4.95. The molecule has 0 atom stereocenters. The second kappa shape index (κ2) is 13.3. The molecule has 0 spiro atoms. The molecule has 39 heavy (non-hydrogen) atoms. The summed E-state index contributed by atoms with van der Waals surface area (Å²) in [5.41, 5.74) is -0.570. The molecule has 0 heterocycles. The molecule has 0 aromatic heterocycles. The van der Waals surface area contributed by atoms with E-state index in [-0.39, 0.29) is 36.0 Å². The highest BCUT2D eigenvalue weighted by Gasteiger charge is 2.30. The first kappa shape index (κ1) is 29.8. The van der Waals surface area contributed by atoms with Crippen molar-refractivity contribution in [3.8, 4) is 17.6 Å². The summed E-state index contributed by atoms with van der Waals surface area (Å²) < 4.78 is 50.8. The number of halogens is 5. The van der Waals surface area contributed by atoms with Crippen molar-refractivity contribution in [2.75, 3.05) is 23.8 Å². The van der Waals surface area contributed by atoms with Gasteiger partial charge >= 0.3 is 6.18 Å². The lowest BCUT2D eigenvalue weighted by Gasteiger charge is -2.15. The lowest BCUT2D eigenvalue weighted by atomic mass is 10.1. The minimum absolute atomic E-state index is 0.112. The van der Waals surface area contributed by atoms with Crippen LogP contribution >= 0.6 is 34.2 Å². The van der Waals surface area contributed by atoms with Crippen molar-refractivity contribution in [1.82, 2.24) is 0 Å². The molecule has 0 bridgehead atoms. The van der Waals surface area contributed by atoms with Crippen molar-refractivity contribution in [2.24, 2.45) is 0 Å². The lowest BCUT2D eigenvalue weighted by Crippen LogP contribution is -2.21. The predicted molar refractivity (Wildman–Crippen MR) is 150 cm³/mol. The average Bonchev–Trinajstić information content (AvgIpc) is 2.88. The zero-order chi connectivity index (χ0) is 28.6. The Morgan fingerprint density at radius 2 is 1.82 bits per heavy atom. The molecular formula is C27H20ClF3IN3O4. The summed E-state index contributed by atoms with van der Waals surface area (Å²) in [4.78, 5) is 25.0. The van der Waals surface area contributed by atoms with Crippen LogP contribution in [0.2, 0.25) is 5.02 Å². The van der Waals surface area contributed by atoms with E-state index in [9.17, 15) is 28.0 Å². The Labute approximate surface area is 240 Å². The van der Waals surface area contributed by atoms with Gasteiger partial charge in [0.25, 0.3) is 11.8 Å². The van der Waals surface area contributed by atoms with Gasteiger partial charge in [-0.05, 0) is 83.6 Å². The van der Waals surface area contributed by atoms with Crippen LogP contribution in [0.15, 0.2) is 66.2 Å². The number of nitrogens with zero attached hydrogens (tertiary/aromatic N) is 1. The minimum Gasteiger partial charge on any atom is -0.490 e. The number of hydrogen-bond donors (Lipinski definition) is 2. The molecule has 202 valence electrons. The molecule has 0 fully saturated rings. The average molecular weight is 670 g/mol. The summed E-state index contributed by atoms with van der Waals surface area (Å²) in [5, 5.41) is 14.9. The summed E-state index contributed by atoms with van der Waals surface area (Å²) in [6.45, 7) is 1.65. The van der Waals surface area contributed by atoms with Crippen molar-refractivity contribution < 1.29 is 32.2 Å². The number of benzene rings is 3. The summed E-state index contributed by atoms with van der Waals surface area (Å²) in [6, 6.07) is 15.7. The largest absolute Gasteiger partial charge is 0.490 e. The fraction of sp³-hybridized carbons (Fsp3) is 0.148. The number of carbonyl (C=O) groups excluding carboxylic acids is 2. The van der Waals surface area contributed by atoms with Gasteiger partial charge in [0, 0.05) is 5.69 Å². The van der Waals surface area contributed by atoms with Crippen molar-refractivity contribution in [3.05, 3.63) is 86.0 Å². The van der Waals surface area contributed by atoms with E-state index in [1.807, 2.05) is 22.6 Å². The van der Waals surface area contributed by atoms with E-state index >= 15 is 0 Å². The monoisotopic (exact) mass is 669 g/mol. The number of alkyl halides is 3. The van der Waals surface area contributed by atoms with E-state index in [2.05, 4.69) is 10.6 Å². The van der Waals surface area contributed by atoms with E-state index in [1.54, 1.807) is 43.3 Å². The molecule has 7 nitrogen and oxygen atoms in total. The maximum absolute atomic E-state index is 13.0. The van der Waals surface area contributed by atoms with Gasteiger partial charge < -0.3 is 20.1 Å². The first-order valence-electron chi connectivity index (χ1n) is 11.3. The molecule has 0 saturated carbocycles. The van der Waals surface area contributed by atoms with Crippen molar-refractivity contribution in [1.29, 1.82) is 5.26 Å².